The number of nitrogens with one attached hydrogen (secondary N) is 1. The van der Waals surface area contributed by atoms with E-state index < -0.39 is 0 Å². The second kappa shape index (κ2) is 7.06. The van der Waals surface area contributed by atoms with Crippen LogP contribution < -0.4 is 5.32 Å². The van der Waals surface area contributed by atoms with Crippen molar-refractivity contribution in [3.8, 4) is 6.07 Å². The zero-order valence-electron chi connectivity index (χ0n) is 13.5. The summed E-state index contributed by atoms with van der Waals surface area (Å²) in [6.45, 7) is 6.04. The van der Waals surface area contributed by atoms with Gasteiger partial charge >= 0.3 is 0 Å². The molecule has 0 radical (unpaired) electrons. The van der Waals surface area contributed by atoms with Crippen molar-refractivity contribution in [1.29, 1.82) is 5.26 Å². The SMILES string of the molecule is CC(C)NC(C#N)(CN(C)CCc1ccccc1)C1CC1. The molecule has 0 bridgehead atoms. The van der Waals surface area contributed by atoms with Crippen molar-refractivity contribution in [2.45, 2.75) is 44.7 Å². The zero-order chi connectivity index (χ0) is 15.3. The van der Waals surface area contributed by atoms with Gasteiger partial charge in [0.1, 0.15) is 5.54 Å². The maximum Gasteiger partial charge on any atom is 0.122 e. The molecule has 3 nitrogen and oxygen atoms in total. The molecule has 1 aliphatic carbocycles. The number of nitrogens with zero attached hydrogens (tertiary/aromatic N) is 2. The molecule has 1 aliphatic rings. The summed E-state index contributed by atoms with van der Waals surface area (Å²) in [6, 6.07) is 13.5. The summed E-state index contributed by atoms with van der Waals surface area (Å²) in [4.78, 5) is 2.30. The molecular formula is C18H27N3. The molecule has 1 atom stereocenters. The largest absolute Gasteiger partial charge is 0.303 e. The van der Waals surface area contributed by atoms with Crippen LogP contribution in [-0.2, 0) is 6.42 Å². The normalized spacial score (nSPS) is 17.7. The maximum absolute atomic E-state index is 9.73. The van der Waals surface area contributed by atoms with Gasteiger partial charge in [-0.3, -0.25) is 5.32 Å². The summed E-state index contributed by atoms with van der Waals surface area (Å²) in [5, 5.41) is 13.3. The lowest BCUT2D eigenvalue weighted by molar-refractivity contribution is 0.219. The Bertz CT molecular complexity index is 473. The van der Waals surface area contributed by atoms with E-state index in [2.05, 4.69) is 61.4 Å². The molecule has 0 aliphatic heterocycles. The lowest BCUT2D eigenvalue weighted by Crippen LogP contribution is -2.56. The molecule has 0 saturated heterocycles. The van der Waals surface area contributed by atoms with Crippen LogP contribution in [0.25, 0.3) is 0 Å². The van der Waals surface area contributed by atoms with Crippen molar-refractivity contribution in [3.05, 3.63) is 35.9 Å². The van der Waals surface area contributed by atoms with E-state index in [4.69, 9.17) is 0 Å². The fourth-order valence-electron chi connectivity index (χ4n) is 3.01. The van der Waals surface area contributed by atoms with E-state index in [1.807, 2.05) is 6.07 Å². The number of rotatable bonds is 8. The quantitative estimate of drug-likeness (QED) is 0.798. The van der Waals surface area contributed by atoms with Gasteiger partial charge in [-0.1, -0.05) is 30.3 Å². The standard InChI is InChI=1S/C18H27N3/c1-15(2)20-18(13-19,17-9-10-17)14-21(3)12-11-16-7-5-4-6-8-16/h4-8,15,17,20H,9-12,14H2,1-3H3. The smallest absolute Gasteiger partial charge is 0.122 e. The fourth-order valence-corrected chi connectivity index (χ4v) is 3.01. The van der Waals surface area contributed by atoms with E-state index in [9.17, 15) is 5.26 Å². The lowest BCUT2D eigenvalue weighted by atomic mass is 9.93. The summed E-state index contributed by atoms with van der Waals surface area (Å²) in [5.74, 6) is 0.518. The van der Waals surface area contributed by atoms with Crippen LogP contribution in [-0.4, -0.2) is 36.6 Å². The first-order valence-electron chi connectivity index (χ1n) is 7.97. The summed E-state index contributed by atoms with van der Waals surface area (Å²) >= 11 is 0. The van der Waals surface area contributed by atoms with Crippen molar-refractivity contribution >= 4 is 0 Å². The summed E-state index contributed by atoms with van der Waals surface area (Å²) in [6.07, 6.45) is 3.39. The Morgan fingerprint density at radius 2 is 2.00 bits per heavy atom. The van der Waals surface area contributed by atoms with E-state index in [1.54, 1.807) is 0 Å². The highest BCUT2D eigenvalue weighted by Gasteiger charge is 2.46. The van der Waals surface area contributed by atoms with Crippen molar-refractivity contribution in [1.82, 2.24) is 10.2 Å². The first-order chi connectivity index (χ1) is 10.1. The van der Waals surface area contributed by atoms with E-state index in [0.29, 0.717) is 12.0 Å². The van der Waals surface area contributed by atoms with Gasteiger partial charge in [0.15, 0.2) is 0 Å². The van der Waals surface area contributed by atoms with Gasteiger partial charge in [-0.05, 0) is 51.6 Å². The minimum Gasteiger partial charge on any atom is -0.303 e. The topological polar surface area (TPSA) is 39.1 Å². The molecule has 21 heavy (non-hydrogen) atoms. The maximum atomic E-state index is 9.73. The van der Waals surface area contributed by atoms with Crippen molar-refractivity contribution in [3.63, 3.8) is 0 Å². The molecule has 1 aromatic carbocycles. The van der Waals surface area contributed by atoms with Crippen LogP contribution in [0, 0.1) is 17.2 Å². The fraction of sp³-hybridized carbons (Fsp3) is 0.611. The molecule has 0 aromatic heterocycles. The van der Waals surface area contributed by atoms with E-state index in [-0.39, 0.29) is 5.54 Å². The monoisotopic (exact) mass is 285 g/mol. The third kappa shape index (κ3) is 4.56. The van der Waals surface area contributed by atoms with Gasteiger partial charge < -0.3 is 4.90 Å². The highest BCUT2D eigenvalue weighted by molar-refractivity contribution is 5.18. The van der Waals surface area contributed by atoms with Crippen LogP contribution in [0.5, 0.6) is 0 Å². The van der Waals surface area contributed by atoms with E-state index in [0.717, 1.165) is 19.5 Å². The number of nitriles is 1. The number of likely N-dealkylation sites (N-methyl/N-ethyl adjacent to an activating group) is 1. The minimum atomic E-state index is -0.375. The van der Waals surface area contributed by atoms with Crippen LogP contribution >= 0.6 is 0 Å². The highest BCUT2D eigenvalue weighted by atomic mass is 15.2. The van der Waals surface area contributed by atoms with Gasteiger partial charge in [-0.15, -0.1) is 0 Å². The van der Waals surface area contributed by atoms with E-state index in [1.165, 1.54) is 18.4 Å². The predicted octanol–water partition coefficient (Wildman–Crippen LogP) is 2.83. The molecule has 1 saturated carbocycles. The average Bonchev–Trinajstić information content (AvgIpc) is 3.30. The third-order valence-corrected chi connectivity index (χ3v) is 4.16. The molecule has 114 valence electrons. The Labute approximate surface area is 129 Å². The Morgan fingerprint density at radius 1 is 1.33 bits per heavy atom. The van der Waals surface area contributed by atoms with Gasteiger partial charge in [-0.25, -0.2) is 0 Å². The van der Waals surface area contributed by atoms with Gasteiger partial charge in [0.25, 0.3) is 0 Å². The number of benzene rings is 1. The average molecular weight is 285 g/mol. The van der Waals surface area contributed by atoms with Crippen molar-refractivity contribution in [2.75, 3.05) is 20.1 Å². The molecule has 2 rings (SSSR count). The van der Waals surface area contributed by atoms with Gasteiger partial charge in [-0.2, -0.15) is 5.26 Å². The van der Waals surface area contributed by atoms with Crippen LogP contribution in [0.15, 0.2) is 30.3 Å². The Kier molecular flexibility index (Phi) is 5.39. The third-order valence-electron chi connectivity index (χ3n) is 4.16. The first kappa shape index (κ1) is 16.0. The van der Waals surface area contributed by atoms with E-state index >= 15 is 0 Å². The molecule has 1 N–H and O–H groups in total. The van der Waals surface area contributed by atoms with Gasteiger partial charge in [0, 0.05) is 19.1 Å². The lowest BCUT2D eigenvalue weighted by Gasteiger charge is -2.34. The van der Waals surface area contributed by atoms with Crippen LogP contribution in [0.4, 0.5) is 0 Å². The molecule has 1 unspecified atom stereocenters. The highest BCUT2D eigenvalue weighted by Crippen LogP contribution is 2.40. The number of hydrogen-bond donors (Lipinski definition) is 1. The van der Waals surface area contributed by atoms with Crippen LogP contribution in [0.1, 0.15) is 32.3 Å². The molecule has 1 aromatic rings. The molecule has 0 amide bonds. The molecule has 0 spiro atoms. The van der Waals surface area contributed by atoms with Crippen LogP contribution in [0.3, 0.4) is 0 Å². The summed E-state index contributed by atoms with van der Waals surface area (Å²) in [5.41, 5.74) is 0.981. The van der Waals surface area contributed by atoms with Crippen molar-refractivity contribution < 1.29 is 0 Å². The molecule has 0 heterocycles. The Balaban J connectivity index is 1.92. The van der Waals surface area contributed by atoms with Gasteiger partial charge in [0.2, 0.25) is 0 Å². The zero-order valence-corrected chi connectivity index (χ0v) is 13.5. The predicted molar refractivity (Wildman–Crippen MR) is 87.0 cm³/mol. The molecule has 1 fully saturated rings. The van der Waals surface area contributed by atoms with Crippen molar-refractivity contribution in [2.24, 2.45) is 5.92 Å². The van der Waals surface area contributed by atoms with Crippen LogP contribution in [0.2, 0.25) is 0 Å². The second-order valence-corrected chi connectivity index (χ2v) is 6.63. The minimum absolute atomic E-state index is 0.341. The Morgan fingerprint density at radius 3 is 2.52 bits per heavy atom. The Hall–Kier alpha value is -1.37. The summed E-state index contributed by atoms with van der Waals surface area (Å²) in [7, 11) is 2.12. The first-order valence-corrected chi connectivity index (χ1v) is 7.97. The van der Waals surface area contributed by atoms with Gasteiger partial charge in [0.05, 0.1) is 6.07 Å². The number of hydrogen-bond acceptors (Lipinski definition) is 3. The molecular weight excluding hydrogens is 258 g/mol. The molecule has 3 heteroatoms. The second-order valence-electron chi connectivity index (χ2n) is 6.63. The summed E-state index contributed by atoms with van der Waals surface area (Å²) < 4.78 is 0.